The smallest absolute Gasteiger partial charge is 0.0558 e. The SMILES string of the molecule is OCCN1CCNc2ccccc2C1. The van der Waals surface area contributed by atoms with E-state index in [1.807, 2.05) is 6.07 Å². The number of rotatable bonds is 2. The van der Waals surface area contributed by atoms with Crippen molar-refractivity contribution in [2.45, 2.75) is 6.54 Å². The van der Waals surface area contributed by atoms with Crippen LogP contribution in [0, 0.1) is 0 Å². The van der Waals surface area contributed by atoms with Gasteiger partial charge in [-0.3, -0.25) is 4.90 Å². The van der Waals surface area contributed by atoms with Crippen molar-refractivity contribution in [2.24, 2.45) is 0 Å². The molecule has 0 saturated carbocycles. The number of β-amino-alcohol motifs (C(OH)–C–C–N with tert-alkyl or cyclic N) is 1. The standard InChI is InChI=1S/C11H16N2O/c14-8-7-13-6-5-12-11-4-2-1-3-10(11)9-13/h1-4,12,14H,5-9H2. The second-order valence-electron chi connectivity index (χ2n) is 3.58. The Balaban J connectivity index is 2.14. The van der Waals surface area contributed by atoms with Crippen molar-refractivity contribution in [1.82, 2.24) is 4.90 Å². The first-order valence-corrected chi connectivity index (χ1v) is 5.05. The lowest BCUT2D eigenvalue weighted by atomic mass is 10.2. The highest BCUT2D eigenvalue weighted by Gasteiger charge is 2.11. The molecule has 0 saturated heterocycles. The van der Waals surface area contributed by atoms with Crippen molar-refractivity contribution in [3.8, 4) is 0 Å². The molecule has 76 valence electrons. The van der Waals surface area contributed by atoms with Gasteiger partial charge in [-0.1, -0.05) is 18.2 Å². The molecule has 1 heterocycles. The number of anilines is 1. The molecule has 0 aliphatic carbocycles. The minimum atomic E-state index is 0.238. The lowest BCUT2D eigenvalue weighted by Crippen LogP contribution is -2.28. The number of aliphatic hydroxyl groups is 1. The van der Waals surface area contributed by atoms with E-state index in [-0.39, 0.29) is 6.61 Å². The van der Waals surface area contributed by atoms with E-state index in [2.05, 4.69) is 28.4 Å². The van der Waals surface area contributed by atoms with Crippen molar-refractivity contribution in [1.29, 1.82) is 0 Å². The highest BCUT2D eigenvalue weighted by Crippen LogP contribution is 2.19. The third kappa shape index (κ3) is 2.05. The van der Waals surface area contributed by atoms with Crippen molar-refractivity contribution >= 4 is 5.69 Å². The van der Waals surface area contributed by atoms with Crippen LogP contribution in [-0.2, 0) is 6.54 Å². The summed E-state index contributed by atoms with van der Waals surface area (Å²) in [6.45, 7) is 3.88. The minimum Gasteiger partial charge on any atom is -0.395 e. The molecule has 3 nitrogen and oxygen atoms in total. The van der Waals surface area contributed by atoms with Crippen LogP contribution >= 0.6 is 0 Å². The molecule has 1 aromatic carbocycles. The Hall–Kier alpha value is -1.06. The maximum atomic E-state index is 8.90. The lowest BCUT2D eigenvalue weighted by Gasteiger charge is -2.17. The Kier molecular flexibility index (Phi) is 3.01. The summed E-state index contributed by atoms with van der Waals surface area (Å²) in [5.41, 5.74) is 2.55. The number of nitrogens with zero attached hydrogens (tertiary/aromatic N) is 1. The fourth-order valence-corrected chi connectivity index (χ4v) is 1.83. The number of hydrogen-bond acceptors (Lipinski definition) is 3. The molecule has 2 rings (SSSR count). The summed E-state index contributed by atoms with van der Waals surface area (Å²) in [6.07, 6.45) is 0. The van der Waals surface area contributed by atoms with E-state index in [1.54, 1.807) is 0 Å². The van der Waals surface area contributed by atoms with Crippen LogP contribution in [0.25, 0.3) is 0 Å². The van der Waals surface area contributed by atoms with Gasteiger partial charge in [0.1, 0.15) is 0 Å². The topological polar surface area (TPSA) is 35.5 Å². The normalized spacial score (nSPS) is 16.9. The van der Waals surface area contributed by atoms with Crippen LogP contribution in [0.15, 0.2) is 24.3 Å². The summed E-state index contributed by atoms with van der Waals surface area (Å²) >= 11 is 0. The Morgan fingerprint density at radius 1 is 1.36 bits per heavy atom. The molecule has 1 aliphatic rings. The van der Waals surface area contributed by atoms with Gasteiger partial charge in [0.25, 0.3) is 0 Å². The van der Waals surface area contributed by atoms with Crippen LogP contribution in [0.2, 0.25) is 0 Å². The van der Waals surface area contributed by atoms with Gasteiger partial charge in [0.2, 0.25) is 0 Å². The van der Waals surface area contributed by atoms with Crippen LogP contribution in [0.1, 0.15) is 5.56 Å². The van der Waals surface area contributed by atoms with E-state index < -0.39 is 0 Å². The number of nitrogens with one attached hydrogen (secondary N) is 1. The van der Waals surface area contributed by atoms with Gasteiger partial charge in [0.05, 0.1) is 6.61 Å². The number of hydrogen-bond donors (Lipinski definition) is 2. The quantitative estimate of drug-likeness (QED) is 0.731. The molecule has 0 atom stereocenters. The molecule has 0 bridgehead atoms. The summed E-state index contributed by atoms with van der Waals surface area (Å²) in [4.78, 5) is 2.26. The monoisotopic (exact) mass is 192 g/mol. The summed E-state index contributed by atoms with van der Waals surface area (Å²) in [5, 5.41) is 12.3. The Morgan fingerprint density at radius 3 is 3.07 bits per heavy atom. The molecule has 1 aromatic rings. The zero-order chi connectivity index (χ0) is 9.80. The minimum absolute atomic E-state index is 0.238. The molecule has 0 fully saturated rings. The first kappa shape index (κ1) is 9.49. The van der Waals surface area contributed by atoms with Gasteiger partial charge in [-0.25, -0.2) is 0 Å². The van der Waals surface area contributed by atoms with Crippen molar-refractivity contribution in [2.75, 3.05) is 31.6 Å². The van der Waals surface area contributed by atoms with Crippen LogP contribution in [-0.4, -0.2) is 36.2 Å². The van der Waals surface area contributed by atoms with Crippen LogP contribution in [0.4, 0.5) is 5.69 Å². The van der Waals surface area contributed by atoms with E-state index in [4.69, 9.17) is 5.11 Å². The predicted molar refractivity (Wildman–Crippen MR) is 57.3 cm³/mol. The molecular formula is C11H16N2O. The van der Waals surface area contributed by atoms with Crippen LogP contribution in [0.5, 0.6) is 0 Å². The molecule has 0 amide bonds. The fraction of sp³-hybridized carbons (Fsp3) is 0.455. The van der Waals surface area contributed by atoms with Gasteiger partial charge in [0, 0.05) is 31.9 Å². The fourth-order valence-electron chi connectivity index (χ4n) is 1.83. The van der Waals surface area contributed by atoms with E-state index in [1.165, 1.54) is 11.3 Å². The maximum absolute atomic E-state index is 8.90. The molecule has 1 aliphatic heterocycles. The van der Waals surface area contributed by atoms with Crippen molar-refractivity contribution < 1.29 is 5.11 Å². The third-order valence-corrected chi connectivity index (χ3v) is 2.57. The van der Waals surface area contributed by atoms with Crippen molar-refractivity contribution in [3.63, 3.8) is 0 Å². The zero-order valence-corrected chi connectivity index (χ0v) is 8.24. The van der Waals surface area contributed by atoms with Crippen molar-refractivity contribution in [3.05, 3.63) is 29.8 Å². The van der Waals surface area contributed by atoms with Crippen LogP contribution < -0.4 is 5.32 Å². The van der Waals surface area contributed by atoms with E-state index in [0.29, 0.717) is 0 Å². The Labute approximate surface area is 84.4 Å². The van der Waals surface area contributed by atoms with Gasteiger partial charge in [-0.2, -0.15) is 0 Å². The van der Waals surface area contributed by atoms with E-state index in [9.17, 15) is 0 Å². The molecule has 0 unspecified atom stereocenters. The summed E-state index contributed by atoms with van der Waals surface area (Å²) in [7, 11) is 0. The molecular weight excluding hydrogens is 176 g/mol. The first-order chi connectivity index (χ1) is 6.90. The summed E-state index contributed by atoms with van der Waals surface area (Å²) in [5.74, 6) is 0. The van der Waals surface area contributed by atoms with Gasteiger partial charge in [-0.05, 0) is 11.6 Å². The van der Waals surface area contributed by atoms with E-state index >= 15 is 0 Å². The van der Waals surface area contributed by atoms with Gasteiger partial charge in [0.15, 0.2) is 0 Å². The van der Waals surface area contributed by atoms with Gasteiger partial charge < -0.3 is 10.4 Å². The summed E-state index contributed by atoms with van der Waals surface area (Å²) < 4.78 is 0. The van der Waals surface area contributed by atoms with Gasteiger partial charge >= 0.3 is 0 Å². The second-order valence-corrected chi connectivity index (χ2v) is 3.58. The Bertz CT molecular complexity index is 301. The van der Waals surface area contributed by atoms with Crippen LogP contribution in [0.3, 0.4) is 0 Å². The molecule has 0 radical (unpaired) electrons. The number of para-hydroxylation sites is 1. The number of fused-ring (bicyclic) bond motifs is 1. The Morgan fingerprint density at radius 2 is 2.21 bits per heavy atom. The number of aliphatic hydroxyl groups excluding tert-OH is 1. The molecule has 14 heavy (non-hydrogen) atoms. The van der Waals surface area contributed by atoms with Gasteiger partial charge in [-0.15, -0.1) is 0 Å². The highest BCUT2D eigenvalue weighted by molar-refractivity contribution is 5.51. The molecule has 0 spiro atoms. The van der Waals surface area contributed by atoms with E-state index in [0.717, 1.165) is 26.2 Å². The summed E-state index contributed by atoms with van der Waals surface area (Å²) in [6, 6.07) is 8.35. The largest absolute Gasteiger partial charge is 0.395 e. The predicted octanol–water partition coefficient (Wildman–Crippen LogP) is 0.906. The second kappa shape index (κ2) is 4.44. The molecule has 2 N–H and O–H groups in total. The first-order valence-electron chi connectivity index (χ1n) is 5.05. The zero-order valence-electron chi connectivity index (χ0n) is 8.24. The average molecular weight is 192 g/mol. The maximum Gasteiger partial charge on any atom is 0.0558 e. The molecule has 3 heteroatoms. The molecule has 0 aromatic heterocycles. The third-order valence-electron chi connectivity index (χ3n) is 2.57. The highest BCUT2D eigenvalue weighted by atomic mass is 16.3. The average Bonchev–Trinajstić information content (AvgIpc) is 2.40. The lowest BCUT2D eigenvalue weighted by molar-refractivity contribution is 0.197. The number of benzene rings is 1.